The lowest BCUT2D eigenvalue weighted by molar-refractivity contribution is -0.128. The van der Waals surface area contributed by atoms with Gasteiger partial charge in [-0.05, 0) is 52.4 Å². The number of thiophene rings is 1. The summed E-state index contributed by atoms with van der Waals surface area (Å²) >= 11 is 5.06. The Kier molecular flexibility index (Phi) is 4.62. The summed E-state index contributed by atoms with van der Waals surface area (Å²) in [7, 11) is 0. The fraction of sp³-hybridized carbons (Fsp3) is 0.500. The summed E-state index contributed by atoms with van der Waals surface area (Å²) in [4.78, 5) is 15.2. The summed E-state index contributed by atoms with van der Waals surface area (Å²) in [6.45, 7) is 6.22. The Morgan fingerprint density at radius 2 is 2.06 bits per heavy atom. The number of likely N-dealkylation sites (tertiary alicyclic amines) is 1. The van der Waals surface area contributed by atoms with Gasteiger partial charge < -0.3 is 4.90 Å². The minimum absolute atomic E-state index is 0.137. The van der Waals surface area contributed by atoms with E-state index in [1.807, 2.05) is 23.1 Å². The number of hydrogen-bond donors (Lipinski definition) is 0. The minimum atomic E-state index is 0.137. The average molecular weight is 328 g/mol. The lowest BCUT2D eigenvalue weighted by Gasteiger charge is -2.34. The third kappa shape index (κ3) is 3.69. The maximum Gasteiger partial charge on any atom is 0.246 e. The van der Waals surface area contributed by atoms with Crippen LogP contribution in [0, 0.1) is 11.8 Å². The fourth-order valence-electron chi connectivity index (χ4n) is 2.52. The van der Waals surface area contributed by atoms with Gasteiger partial charge in [0, 0.05) is 24.0 Å². The van der Waals surface area contributed by atoms with Crippen molar-refractivity contribution in [3.05, 3.63) is 26.9 Å². The van der Waals surface area contributed by atoms with Gasteiger partial charge in [-0.15, -0.1) is 11.3 Å². The molecule has 2 heterocycles. The number of nitrogens with zero attached hydrogens (tertiary/aromatic N) is 1. The molecule has 0 spiro atoms. The third-order valence-corrected chi connectivity index (χ3v) is 4.75. The Morgan fingerprint density at radius 3 is 2.61 bits per heavy atom. The highest BCUT2D eigenvalue weighted by atomic mass is 79.9. The van der Waals surface area contributed by atoms with Crippen molar-refractivity contribution in [2.75, 3.05) is 13.1 Å². The fourth-order valence-corrected chi connectivity index (χ4v) is 3.85. The van der Waals surface area contributed by atoms with Gasteiger partial charge in [-0.2, -0.15) is 0 Å². The van der Waals surface area contributed by atoms with Crippen molar-refractivity contribution >= 4 is 39.2 Å². The van der Waals surface area contributed by atoms with Crippen LogP contribution in [-0.2, 0) is 4.79 Å². The topological polar surface area (TPSA) is 20.3 Å². The molecule has 1 aliphatic heterocycles. The maximum atomic E-state index is 12.1. The molecule has 1 fully saturated rings. The summed E-state index contributed by atoms with van der Waals surface area (Å²) in [5.41, 5.74) is 0. The van der Waals surface area contributed by atoms with E-state index in [1.165, 1.54) is 6.42 Å². The largest absolute Gasteiger partial charge is 0.339 e. The van der Waals surface area contributed by atoms with Gasteiger partial charge >= 0.3 is 0 Å². The van der Waals surface area contributed by atoms with Crippen LogP contribution in [0.5, 0.6) is 0 Å². The second kappa shape index (κ2) is 6.02. The van der Waals surface area contributed by atoms with Crippen molar-refractivity contribution in [2.45, 2.75) is 20.3 Å². The highest BCUT2D eigenvalue weighted by Gasteiger charge is 2.23. The van der Waals surface area contributed by atoms with Gasteiger partial charge in [-0.25, -0.2) is 0 Å². The van der Waals surface area contributed by atoms with Gasteiger partial charge in [-0.3, -0.25) is 4.79 Å². The monoisotopic (exact) mass is 327 g/mol. The number of piperidine rings is 1. The van der Waals surface area contributed by atoms with Crippen LogP contribution in [0.2, 0.25) is 0 Å². The van der Waals surface area contributed by atoms with Crippen molar-refractivity contribution in [3.8, 4) is 0 Å². The van der Waals surface area contributed by atoms with Crippen LogP contribution >= 0.6 is 27.3 Å². The molecule has 2 nitrogen and oxygen atoms in total. The van der Waals surface area contributed by atoms with Crippen LogP contribution in [0.3, 0.4) is 0 Å². The lowest BCUT2D eigenvalue weighted by atomic mass is 9.92. The molecule has 18 heavy (non-hydrogen) atoms. The van der Waals surface area contributed by atoms with Crippen LogP contribution in [0.25, 0.3) is 6.08 Å². The quantitative estimate of drug-likeness (QED) is 0.751. The first-order chi connectivity index (χ1) is 8.54. The Morgan fingerprint density at radius 1 is 1.39 bits per heavy atom. The summed E-state index contributed by atoms with van der Waals surface area (Å²) in [6, 6.07) is 4.01. The first kappa shape index (κ1) is 13.8. The molecule has 1 aromatic rings. The molecule has 0 bridgehead atoms. The van der Waals surface area contributed by atoms with Crippen molar-refractivity contribution in [1.82, 2.24) is 4.90 Å². The molecule has 0 N–H and O–H groups in total. The second-order valence-electron chi connectivity index (χ2n) is 5.16. The summed E-state index contributed by atoms with van der Waals surface area (Å²) in [5.74, 6) is 1.36. The van der Waals surface area contributed by atoms with E-state index in [1.54, 1.807) is 17.4 Å². The van der Waals surface area contributed by atoms with Gasteiger partial charge in [0.25, 0.3) is 0 Å². The van der Waals surface area contributed by atoms with Crippen molar-refractivity contribution in [2.24, 2.45) is 11.8 Å². The molecule has 2 unspecified atom stereocenters. The molecular weight excluding hydrogens is 310 g/mol. The molecule has 1 saturated heterocycles. The standard InChI is InChI=1S/C14H18BrNOS/c1-10-7-11(2)9-16(8-10)14(17)6-4-12-3-5-13(15)18-12/h3-6,10-11H,7-9H2,1-2H3/b6-4+. The first-order valence-electron chi connectivity index (χ1n) is 6.27. The highest BCUT2D eigenvalue weighted by Crippen LogP contribution is 2.24. The third-order valence-electron chi connectivity index (χ3n) is 3.16. The molecule has 1 aromatic heterocycles. The zero-order valence-electron chi connectivity index (χ0n) is 10.7. The molecule has 0 aromatic carbocycles. The van der Waals surface area contributed by atoms with E-state index in [-0.39, 0.29) is 5.91 Å². The van der Waals surface area contributed by atoms with Crippen molar-refractivity contribution in [1.29, 1.82) is 0 Å². The predicted octanol–water partition coefficient (Wildman–Crippen LogP) is 4.03. The molecular formula is C14H18BrNOS. The molecule has 4 heteroatoms. The van der Waals surface area contributed by atoms with E-state index in [2.05, 4.69) is 29.8 Å². The second-order valence-corrected chi connectivity index (χ2v) is 7.66. The van der Waals surface area contributed by atoms with E-state index in [0.29, 0.717) is 11.8 Å². The van der Waals surface area contributed by atoms with Crippen LogP contribution < -0.4 is 0 Å². The van der Waals surface area contributed by atoms with Crippen LogP contribution in [0.4, 0.5) is 0 Å². The van der Waals surface area contributed by atoms with E-state index < -0.39 is 0 Å². The molecule has 98 valence electrons. The normalized spacial score (nSPS) is 24.7. The SMILES string of the molecule is CC1CC(C)CN(C(=O)/C=C/c2ccc(Br)s2)C1. The number of carbonyl (C=O) groups is 1. The van der Waals surface area contributed by atoms with Gasteiger partial charge in [0.05, 0.1) is 3.79 Å². The summed E-state index contributed by atoms with van der Waals surface area (Å²) in [6.07, 6.45) is 4.83. The molecule has 1 amide bonds. The molecule has 0 saturated carbocycles. The molecule has 2 rings (SSSR count). The van der Waals surface area contributed by atoms with Gasteiger partial charge in [-0.1, -0.05) is 13.8 Å². The van der Waals surface area contributed by atoms with E-state index in [4.69, 9.17) is 0 Å². The number of carbonyl (C=O) groups excluding carboxylic acids is 1. The van der Waals surface area contributed by atoms with Crippen molar-refractivity contribution in [3.63, 3.8) is 0 Å². The number of halogens is 1. The van der Waals surface area contributed by atoms with Gasteiger partial charge in [0.1, 0.15) is 0 Å². The van der Waals surface area contributed by atoms with Crippen molar-refractivity contribution < 1.29 is 4.79 Å². The summed E-state index contributed by atoms with van der Waals surface area (Å²) < 4.78 is 1.09. The Balaban J connectivity index is 1.97. The van der Waals surface area contributed by atoms with E-state index >= 15 is 0 Å². The maximum absolute atomic E-state index is 12.1. The zero-order chi connectivity index (χ0) is 13.1. The lowest BCUT2D eigenvalue weighted by Crippen LogP contribution is -2.41. The van der Waals surface area contributed by atoms with Gasteiger partial charge in [0.2, 0.25) is 5.91 Å². The minimum Gasteiger partial charge on any atom is -0.339 e. The van der Waals surface area contributed by atoms with E-state index in [9.17, 15) is 4.79 Å². The number of hydrogen-bond acceptors (Lipinski definition) is 2. The number of amides is 1. The molecule has 1 aliphatic rings. The van der Waals surface area contributed by atoms with Crippen LogP contribution in [-0.4, -0.2) is 23.9 Å². The Hall–Kier alpha value is -0.610. The molecule has 0 aliphatic carbocycles. The predicted molar refractivity (Wildman–Crippen MR) is 80.6 cm³/mol. The summed E-state index contributed by atoms with van der Waals surface area (Å²) in [5, 5.41) is 0. The Bertz CT molecular complexity index is 444. The smallest absolute Gasteiger partial charge is 0.246 e. The average Bonchev–Trinajstić information content (AvgIpc) is 2.70. The van der Waals surface area contributed by atoms with E-state index in [0.717, 1.165) is 21.8 Å². The first-order valence-corrected chi connectivity index (χ1v) is 7.88. The molecule has 0 radical (unpaired) electrons. The van der Waals surface area contributed by atoms with Crippen LogP contribution in [0.1, 0.15) is 25.1 Å². The number of rotatable bonds is 2. The Labute approximate surface area is 121 Å². The molecule has 2 atom stereocenters. The highest BCUT2D eigenvalue weighted by molar-refractivity contribution is 9.11. The zero-order valence-corrected chi connectivity index (χ0v) is 13.1. The van der Waals surface area contributed by atoms with Gasteiger partial charge in [0.15, 0.2) is 0 Å². The van der Waals surface area contributed by atoms with Crippen LogP contribution in [0.15, 0.2) is 22.0 Å².